The van der Waals surface area contributed by atoms with Gasteiger partial charge in [-0.2, -0.15) is 0 Å². The first-order valence-corrected chi connectivity index (χ1v) is 12.5. The van der Waals surface area contributed by atoms with E-state index in [0.717, 1.165) is 11.1 Å². The van der Waals surface area contributed by atoms with E-state index in [1.54, 1.807) is 48.5 Å². The predicted molar refractivity (Wildman–Crippen MR) is 151 cm³/mol. The van der Waals surface area contributed by atoms with Crippen LogP contribution in [0.5, 0.6) is 5.75 Å². The van der Waals surface area contributed by atoms with Crippen molar-refractivity contribution in [3.63, 3.8) is 0 Å². The van der Waals surface area contributed by atoms with Crippen LogP contribution in [0, 0.1) is 10.1 Å². The van der Waals surface area contributed by atoms with Crippen molar-refractivity contribution in [2.45, 2.75) is 12.5 Å². The van der Waals surface area contributed by atoms with E-state index in [9.17, 15) is 24.8 Å². The molecule has 1 atom stereocenters. The molecule has 10 nitrogen and oxygen atoms in total. The maximum Gasteiger partial charge on any atom is 0.310 e. The van der Waals surface area contributed by atoms with Gasteiger partial charge < -0.3 is 25.8 Å². The number of aliphatic hydroxyl groups is 1. The number of carbonyl (C=O) groups is 2. The molecule has 4 aromatic carbocycles. The number of fused-ring (bicyclic) bond motifs is 2. The van der Waals surface area contributed by atoms with Crippen LogP contribution in [0.4, 0.5) is 22.7 Å². The number of nitrogens with zero attached hydrogens (tertiary/aromatic N) is 1. The van der Waals surface area contributed by atoms with Crippen LogP contribution < -0.4 is 20.7 Å². The van der Waals surface area contributed by atoms with Gasteiger partial charge in [0.05, 0.1) is 53.7 Å². The fraction of sp³-hybridized carbons (Fsp3) is 0.133. The highest BCUT2D eigenvalue weighted by molar-refractivity contribution is 6.12. The highest BCUT2D eigenvalue weighted by Gasteiger charge is 2.22. The molecule has 10 heteroatoms. The van der Waals surface area contributed by atoms with E-state index >= 15 is 0 Å². The van der Waals surface area contributed by atoms with Crippen LogP contribution in [0.1, 0.15) is 27.5 Å². The summed E-state index contributed by atoms with van der Waals surface area (Å²) >= 11 is 0. The van der Waals surface area contributed by atoms with E-state index in [0.29, 0.717) is 33.8 Å². The minimum atomic E-state index is -0.518. The number of ether oxygens (including phenoxy) is 1. The molecule has 202 valence electrons. The van der Waals surface area contributed by atoms with Gasteiger partial charge in [-0.3, -0.25) is 19.7 Å². The van der Waals surface area contributed by atoms with Gasteiger partial charge >= 0.3 is 5.69 Å². The maximum atomic E-state index is 13.0. The number of anilines is 3. The molecule has 0 aliphatic carbocycles. The summed E-state index contributed by atoms with van der Waals surface area (Å²) < 4.78 is 5.20. The second kappa shape index (κ2) is 11.3. The highest BCUT2D eigenvalue weighted by Crippen LogP contribution is 2.37. The summed E-state index contributed by atoms with van der Waals surface area (Å²) in [6.07, 6.45) is 0.0712. The van der Waals surface area contributed by atoms with Crippen molar-refractivity contribution in [1.82, 2.24) is 5.32 Å². The van der Waals surface area contributed by atoms with Gasteiger partial charge in [-0.15, -0.1) is 0 Å². The average Bonchev–Trinajstić information content (AvgIpc) is 3.10. The van der Waals surface area contributed by atoms with Crippen molar-refractivity contribution in [2.24, 2.45) is 0 Å². The molecular formula is C30H26N4O6. The first kappa shape index (κ1) is 26.4. The average molecular weight is 539 g/mol. The zero-order valence-electron chi connectivity index (χ0n) is 21.5. The maximum absolute atomic E-state index is 13.0. The Bertz CT molecular complexity index is 1610. The van der Waals surface area contributed by atoms with Gasteiger partial charge in [0, 0.05) is 6.07 Å². The van der Waals surface area contributed by atoms with Crippen LogP contribution in [0.25, 0.3) is 11.1 Å². The number of methoxy groups -OCH3 is 1. The molecule has 0 spiro atoms. The fourth-order valence-corrected chi connectivity index (χ4v) is 4.63. The summed E-state index contributed by atoms with van der Waals surface area (Å²) in [6, 6.07) is 23.8. The molecule has 1 aliphatic rings. The first-order chi connectivity index (χ1) is 19.4. The molecule has 0 fully saturated rings. The second-order valence-corrected chi connectivity index (χ2v) is 9.25. The molecule has 1 aliphatic heterocycles. The minimum Gasteiger partial charge on any atom is -0.490 e. The molecule has 4 N–H and O–H groups in total. The molecule has 0 unspecified atom stereocenters. The zero-order chi connectivity index (χ0) is 28.2. The SMILES string of the molecule is COc1cc(-c2ccc3c(c2)Nc2cc(CC(=O)N[C@@H](CO)c4ccccc4)ccc2NC3=O)ccc1[N+](=O)[O-]. The van der Waals surface area contributed by atoms with Crippen LogP contribution in [0.3, 0.4) is 0 Å². The Morgan fingerprint density at radius 2 is 1.70 bits per heavy atom. The molecule has 5 rings (SSSR count). The molecule has 0 saturated carbocycles. The Kier molecular flexibility index (Phi) is 7.43. The summed E-state index contributed by atoms with van der Waals surface area (Å²) in [4.78, 5) is 36.5. The van der Waals surface area contributed by atoms with Gasteiger partial charge in [0.15, 0.2) is 5.75 Å². The number of nitro benzene ring substituents is 1. The Morgan fingerprint density at radius 1 is 0.950 bits per heavy atom. The smallest absolute Gasteiger partial charge is 0.310 e. The second-order valence-electron chi connectivity index (χ2n) is 9.25. The summed E-state index contributed by atoms with van der Waals surface area (Å²) in [5, 5.41) is 30.1. The summed E-state index contributed by atoms with van der Waals surface area (Å²) in [6.45, 7) is -0.229. The Morgan fingerprint density at radius 3 is 2.42 bits per heavy atom. The van der Waals surface area contributed by atoms with E-state index in [1.807, 2.05) is 30.3 Å². The van der Waals surface area contributed by atoms with Gasteiger partial charge in [0.1, 0.15) is 0 Å². The number of nitrogens with one attached hydrogen (secondary N) is 3. The summed E-state index contributed by atoms with van der Waals surface area (Å²) in [5.41, 5.74) is 4.91. The van der Waals surface area contributed by atoms with Crippen LogP contribution in [-0.4, -0.2) is 35.6 Å². The predicted octanol–water partition coefficient (Wildman–Crippen LogP) is 4.97. The number of hydrogen-bond acceptors (Lipinski definition) is 7. The molecule has 0 bridgehead atoms. The van der Waals surface area contributed by atoms with E-state index in [2.05, 4.69) is 16.0 Å². The number of benzene rings is 4. The molecule has 1 heterocycles. The lowest BCUT2D eigenvalue weighted by atomic mass is 10.0. The lowest BCUT2D eigenvalue weighted by Crippen LogP contribution is -2.31. The quantitative estimate of drug-likeness (QED) is 0.183. The molecule has 0 saturated heterocycles. The number of nitro groups is 1. The van der Waals surface area contributed by atoms with E-state index < -0.39 is 11.0 Å². The van der Waals surface area contributed by atoms with Crippen LogP contribution in [0.15, 0.2) is 84.9 Å². The Balaban J connectivity index is 1.39. The van der Waals surface area contributed by atoms with Crippen molar-refractivity contribution < 1.29 is 24.4 Å². The van der Waals surface area contributed by atoms with Gasteiger partial charge in [0.2, 0.25) is 5.91 Å². The van der Waals surface area contributed by atoms with E-state index in [4.69, 9.17) is 4.74 Å². The molecule has 0 aromatic heterocycles. The molecule has 40 heavy (non-hydrogen) atoms. The van der Waals surface area contributed by atoms with Gasteiger partial charge in [-0.1, -0.05) is 42.5 Å². The van der Waals surface area contributed by atoms with Crippen molar-refractivity contribution in [3.05, 3.63) is 112 Å². The molecule has 2 amide bonds. The number of amides is 2. The normalized spacial score (nSPS) is 12.6. The monoisotopic (exact) mass is 538 g/mol. The van der Waals surface area contributed by atoms with Gasteiger partial charge in [-0.05, 0) is 58.7 Å². The number of aliphatic hydroxyl groups excluding tert-OH is 1. The standard InChI is InChI=1S/C30H26N4O6/c1-40-28-16-21(9-12-27(28)34(38)39)20-8-10-22-24(15-20)31-25-13-18(7-11-23(25)33-30(22)37)14-29(36)32-26(17-35)19-5-3-2-4-6-19/h2-13,15-16,26,31,35H,14,17H2,1H3,(H,32,36)(H,33,37)/t26-/m0/s1. The van der Waals surface area contributed by atoms with E-state index in [1.165, 1.54) is 13.2 Å². The lowest BCUT2D eigenvalue weighted by Gasteiger charge is -2.17. The van der Waals surface area contributed by atoms with Crippen LogP contribution in [0.2, 0.25) is 0 Å². The highest BCUT2D eigenvalue weighted by atomic mass is 16.6. The topological polar surface area (TPSA) is 143 Å². The van der Waals surface area contributed by atoms with E-state index in [-0.39, 0.29) is 36.3 Å². The van der Waals surface area contributed by atoms with Crippen molar-refractivity contribution in [1.29, 1.82) is 0 Å². The van der Waals surface area contributed by atoms with Crippen LogP contribution >= 0.6 is 0 Å². The third-order valence-electron chi connectivity index (χ3n) is 6.66. The Hall–Kier alpha value is -5.22. The summed E-state index contributed by atoms with van der Waals surface area (Å²) in [5.74, 6) is -0.421. The number of carbonyl (C=O) groups excluding carboxylic acids is 2. The minimum absolute atomic E-state index is 0.0712. The fourth-order valence-electron chi connectivity index (χ4n) is 4.63. The van der Waals surface area contributed by atoms with Crippen LogP contribution in [-0.2, 0) is 11.2 Å². The third-order valence-corrected chi connectivity index (χ3v) is 6.66. The van der Waals surface area contributed by atoms with Gasteiger partial charge in [-0.25, -0.2) is 0 Å². The lowest BCUT2D eigenvalue weighted by molar-refractivity contribution is -0.385. The van der Waals surface area contributed by atoms with Crippen molar-refractivity contribution in [2.75, 3.05) is 24.4 Å². The first-order valence-electron chi connectivity index (χ1n) is 12.5. The third kappa shape index (κ3) is 5.47. The molecule has 0 radical (unpaired) electrons. The number of rotatable bonds is 8. The molecular weight excluding hydrogens is 512 g/mol. The van der Waals surface area contributed by atoms with Crippen molar-refractivity contribution in [3.8, 4) is 16.9 Å². The Labute approximate surface area is 229 Å². The van der Waals surface area contributed by atoms with Crippen molar-refractivity contribution >= 4 is 34.6 Å². The summed E-state index contributed by atoms with van der Waals surface area (Å²) in [7, 11) is 1.37. The number of hydrogen-bond donors (Lipinski definition) is 4. The van der Waals surface area contributed by atoms with Gasteiger partial charge in [0.25, 0.3) is 5.91 Å². The molecule has 4 aromatic rings. The largest absolute Gasteiger partial charge is 0.490 e. The zero-order valence-corrected chi connectivity index (χ0v) is 21.5.